The molecular formula is C10H9ClN4O2S. The lowest BCUT2D eigenvalue weighted by atomic mass is 10.3. The van der Waals surface area contributed by atoms with E-state index in [9.17, 15) is 8.42 Å². The van der Waals surface area contributed by atoms with E-state index < -0.39 is 44.8 Å². The molecular weight excluding hydrogens is 276 g/mol. The van der Waals surface area contributed by atoms with Crippen LogP contribution in [0.4, 0.5) is 11.5 Å². The second-order valence-electron chi connectivity index (χ2n) is 3.08. The molecule has 0 saturated heterocycles. The van der Waals surface area contributed by atoms with Gasteiger partial charge in [-0.3, -0.25) is 9.71 Å². The van der Waals surface area contributed by atoms with Gasteiger partial charge in [0.15, 0.2) is 5.82 Å². The van der Waals surface area contributed by atoms with Crippen molar-refractivity contribution in [3.8, 4) is 0 Å². The van der Waals surface area contributed by atoms with Crippen LogP contribution in [0, 0.1) is 0 Å². The van der Waals surface area contributed by atoms with E-state index in [0.717, 1.165) is 6.20 Å². The van der Waals surface area contributed by atoms with Crippen molar-refractivity contribution in [2.75, 3.05) is 10.5 Å². The minimum absolute atomic E-state index is 0.0583. The Bertz CT molecular complexity index is 833. The zero-order valence-electron chi connectivity index (χ0n) is 12.7. The summed E-state index contributed by atoms with van der Waals surface area (Å²) >= 11 is 5.59. The maximum Gasteiger partial charge on any atom is 0.263 e. The summed E-state index contributed by atoms with van der Waals surface area (Å²) in [6.07, 6.45) is 2.27. The first-order valence-electron chi connectivity index (χ1n) is 6.51. The molecule has 6 nitrogen and oxygen atoms in total. The molecule has 1 aromatic carbocycles. The fraction of sp³-hybridized carbons (Fsp3) is 0. The van der Waals surface area contributed by atoms with Crippen LogP contribution in [0.1, 0.15) is 5.48 Å². The lowest BCUT2D eigenvalue weighted by Gasteiger charge is -2.07. The number of rotatable bonds is 3. The van der Waals surface area contributed by atoms with Crippen LogP contribution in [0.15, 0.2) is 41.5 Å². The molecule has 0 unspecified atom stereocenters. The van der Waals surface area contributed by atoms with E-state index in [1.54, 1.807) is 0 Å². The van der Waals surface area contributed by atoms with Crippen molar-refractivity contribution in [2.24, 2.45) is 0 Å². The van der Waals surface area contributed by atoms with Gasteiger partial charge in [-0.2, -0.15) is 0 Å². The van der Waals surface area contributed by atoms with E-state index in [0.29, 0.717) is 0 Å². The van der Waals surface area contributed by atoms with Gasteiger partial charge in [0, 0.05) is 5.69 Å². The summed E-state index contributed by atoms with van der Waals surface area (Å²) in [5.41, 5.74) is 4.96. The second kappa shape index (κ2) is 4.79. The Hall–Kier alpha value is -1.86. The fourth-order valence-electron chi connectivity index (χ4n) is 1.03. The van der Waals surface area contributed by atoms with E-state index in [-0.39, 0.29) is 11.0 Å². The van der Waals surface area contributed by atoms with Gasteiger partial charge in [0.2, 0.25) is 0 Å². The van der Waals surface area contributed by atoms with Crippen LogP contribution in [0.3, 0.4) is 0 Å². The highest BCUT2D eigenvalue weighted by Gasteiger charge is 2.14. The maximum absolute atomic E-state index is 12.3. The van der Waals surface area contributed by atoms with E-state index >= 15 is 0 Å². The third-order valence-corrected chi connectivity index (χ3v) is 3.14. The zero-order chi connectivity index (χ0) is 16.7. The van der Waals surface area contributed by atoms with Crippen molar-refractivity contribution in [3.05, 3.63) is 41.7 Å². The highest BCUT2D eigenvalue weighted by Crippen LogP contribution is 2.16. The summed E-state index contributed by atoms with van der Waals surface area (Å²) in [5.74, 6) is -0.221. The standard InChI is InChI=1S/C10H9ClN4O2S/c11-9-5-13-6-10(14-9)15-18(16,17)8-3-1-7(12)2-4-8/h1-6H,12H2,(H,14,15)/i1D,2D,3D,4D. The van der Waals surface area contributed by atoms with Crippen molar-refractivity contribution in [3.63, 3.8) is 0 Å². The third kappa shape index (κ3) is 2.88. The molecule has 0 spiro atoms. The Morgan fingerprint density at radius 2 is 1.94 bits per heavy atom. The molecule has 94 valence electrons. The van der Waals surface area contributed by atoms with Crippen molar-refractivity contribution in [1.82, 2.24) is 9.97 Å². The molecule has 0 saturated carbocycles. The number of nitrogens with one attached hydrogen (secondary N) is 1. The number of nitrogen functional groups attached to an aromatic ring is 1. The van der Waals surface area contributed by atoms with Gasteiger partial charge in [0.25, 0.3) is 10.0 Å². The van der Waals surface area contributed by atoms with Crippen molar-refractivity contribution < 1.29 is 13.9 Å². The monoisotopic (exact) mass is 288 g/mol. The smallest absolute Gasteiger partial charge is 0.263 e. The molecule has 0 fully saturated rings. The third-order valence-electron chi connectivity index (χ3n) is 1.73. The average Bonchev–Trinajstić information content (AvgIpc) is 2.42. The van der Waals surface area contributed by atoms with Crippen LogP contribution in [-0.2, 0) is 10.0 Å². The molecule has 0 aliphatic carbocycles. The molecule has 0 atom stereocenters. The summed E-state index contributed by atoms with van der Waals surface area (Å²) in [6, 6.07) is -2.83. The van der Waals surface area contributed by atoms with Gasteiger partial charge in [-0.05, 0) is 24.2 Å². The van der Waals surface area contributed by atoms with E-state index in [1.807, 2.05) is 4.72 Å². The predicted octanol–water partition coefficient (Wildman–Crippen LogP) is 1.51. The minimum atomic E-state index is -4.43. The van der Waals surface area contributed by atoms with Gasteiger partial charge >= 0.3 is 0 Å². The number of benzene rings is 1. The van der Waals surface area contributed by atoms with Crippen LogP contribution < -0.4 is 10.5 Å². The summed E-state index contributed by atoms with van der Waals surface area (Å²) in [6.45, 7) is 0. The number of hydrogen-bond donors (Lipinski definition) is 2. The van der Waals surface area contributed by atoms with E-state index in [4.69, 9.17) is 22.8 Å². The Kier molecular flexibility index (Phi) is 2.20. The minimum Gasteiger partial charge on any atom is -0.399 e. The van der Waals surface area contributed by atoms with Gasteiger partial charge < -0.3 is 5.73 Å². The first kappa shape index (κ1) is 8.28. The number of anilines is 2. The molecule has 3 N–H and O–H groups in total. The average molecular weight is 289 g/mol. The fourth-order valence-corrected chi connectivity index (χ4v) is 2.02. The lowest BCUT2D eigenvalue weighted by molar-refractivity contribution is 0.601. The Morgan fingerprint density at radius 1 is 1.28 bits per heavy atom. The number of sulfonamides is 1. The summed E-state index contributed by atoms with van der Waals surface area (Å²) < 4.78 is 57.1. The summed E-state index contributed by atoms with van der Waals surface area (Å²) in [7, 11) is -4.43. The molecule has 8 heteroatoms. The molecule has 2 rings (SSSR count). The number of nitrogens with zero attached hydrogens (tertiary/aromatic N) is 2. The van der Waals surface area contributed by atoms with Crippen LogP contribution in [0.2, 0.25) is 5.15 Å². The molecule has 0 amide bonds. The van der Waals surface area contributed by atoms with Gasteiger partial charge in [-0.15, -0.1) is 0 Å². The summed E-state index contributed by atoms with van der Waals surface area (Å²) in [4.78, 5) is 6.49. The number of hydrogen-bond acceptors (Lipinski definition) is 5. The first-order chi connectivity index (χ1) is 10.1. The van der Waals surface area contributed by atoms with E-state index in [2.05, 4.69) is 9.97 Å². The van der Waals surface area contributed by atoms with Crippen LogP contribution in [0.25, 0.3) is 0 Å². The molecule has 1 heterocycles. The van der Waals surface area contributed by atoms with Crippen molar-refractivity contribution >= 4 is 33.1 Å². The molecule has 1 aromatic heterocycles. The number of halogens is 1. The summed E-state index contributed by atoms with van der Waals surface area (Å²) in [5, 5.41) is -0.0583. The Balaban J connectivity index is 2.60. The molecule has 0 radical (unpaired) electrons. The topological polar surface area (TPSA) is 98.0 Å². The maximum atomic E-state index is 12.3. The van der Waals surface area contributed by atoms with Crippen molar-refractivity contribution in [2.45, 2.75) is 4.90 Å². The van der Waals surface area contributed by atoms with Gasteiger partial charge in [0.05, 0.1) is 22.8 Å². The molecule has 0 bridgehead atoms. The van der Waals surface area contributed by atoms with Crippen molar-refractivity contribution in [1.29, 1.82) is 0 Å². The molecule has 18 heavy (non-hydrogen) atoms. The normalized spacial score (nSPS) is 14.3. The van der Waals surface area contributed by atoms with Crippen LogP contribution >= 0.6 is 11.6 Å². The number of aromatic nitrogens is 2. The number of nitrogens with two attached hydrogens (primary N) is 1. The largest absolute Gasteiger partial charge is 0.399 e. The van der Waals surface area contributed by atoms with Crippen LogP contribution in [0.5, 0.6) is 0 Å². The van der Waals surface area contributed by atoms with Crippen LogP contribution in [-0.4, -0.2) is 18.4 Å². The molecule has 0 aliphatic rings. The quantitative estimate of drug-likeness (QED) is 0.834. The van der Waals surface area contributed by atoms with Gasteiger partial charge in [-0.25, -0.2) is 13.4 Å². The van der Waals surface area contributed by atoms with E-state index in [1.165, 1.54) is 6.20 Å². The zero-order valence-corrected chi connectivity index (χ0v) is 10.3. The predicted molar refractivity (Wildman–Crippen MR) is 68.7 cm³/mol. The second-order valence-corrected chi connectivity index (χ2v) is 5.08. The Morgan fingerprint density at radius 3 is 2.56 bits per heavy atom. The molecule has 2 aromatic rings. The highest BCUT2D eigenvalue weighted by molar-refractivity contribution is 7.92. The lowest BCUT2D eigenvalue weighted by Crippen LogP contribution is -2.14. The van der Waals surface area contributed by atoms with Gasteiger partial charge in [-0.1, -0.05) is 11.6 Å². The van der Waals surface area contributed by atoms with Gasteiger partial charge in [0.1, 0.15) is 5.15 Å². The Labute approximate surface area is 115 Å². The highest BCUT2D eigenvalue weighted by atomic mass is 35.5. The SMILES string of the molecule is [2H]c1c([2H])c(S(=O)(=O)Nc2cncc(Cl)n2)c([2H])c([2H])c1N. The first-order valence-corrected chi connectivity index (χ1v) is 6.37. The molecule has 0 aliphatic heterocycles.